The first-order chi connectivity index (χ1) is 14.2. The molecule has 2 aromatic carbocycles. The van der Waals surface area contributed by atoms with Crippen LogP contribution in [0.5, 0.6) is 5.75 Å². The van der Waals surface area contributed by atoms with Gasteiger partial charge >= 0.3 is 0 Å². The molecule has 0 aliphatic rings. The Morgan fingerprint density at radius 3 is 2.69 bits per heavy atom. The van der Waals surface area contributed by atoms with E-state index in [9.17, 15) is 4.79 Å². The van der Waals surface area contributed by atoms with Crippen molar-refractivity contribution in [1.29, 1.82) is 0 Å². The second-order valence-electron chi connectivity index (χ2n) is 6.18. The van der Waals surface area contributed by atoms with Crippen LogP contribution in [0.25, 0.3) is 6.08 Å². The van der Waals surface area contributed by atoms with Gasteiger partial charge in [0.2, 0.25) is 5.13 Å². The molecule has 1 heterocycles. The Balaban J connectivity index is 1.46. The van der Waals surface area contributed by atoms with Crippen LogP contribution in [0, 0.1) is 0 Å². The van der Waals surface area contributed by atoms with Crippen LogP contribution in [0.15, 0.2) is 65.0 Å². The topological polar surface area (TPSA) is 64.1 Å². The molecule has 0 atom stereocenters. The van der Waals surface area contributed by atoms with E-state index in [1.165, 1.54) is 16.9 Å². The lowest BCUT2D eigenvalue weighted by Gasteiger charge is -2.06. The standard InChI is InChI=1S/C22H23N3O2S2/c1-2-3-15-27-19-13-11-18(12-14-19)20(26)23-21-24-25-22(29-21)28-16-7-10-17-8-5-4-6-9-17/h4-14H,2-3,15-16H2,1H3,(H,23,24,26)/b10-7+. The number of benzene rings is 2. The van der Waals surface area contributed by atoms with E-state index in [0.717, 1.165) is 28.7 Å². The van der Waals surface area contributed by atoms with Crippen LogP contribution in [0.4, 0.5) is 5.13 Å². The number of carbonyl (C=O) groups is 1. The summed E-state index contributed by atoms with van der Waals surface area (Å²) in [6.07, 6.45) is 6.27. The number of nitrogens with zero attached hydrogens (tertiary/aromatic N) is 2. The third-order valence-corrected chi connectivity index (χ3v) is 5.85. The smallest absolute Gasteiger partial charge is 0.257 e. The van der Waals surface area contributed by atoms with Crippen LogP contribution >= 0.6 is 23.1 Å². The number of anilines is 1. The van der Waals surface area contributed by atoms with E-state index in [2.05, 4.69) is 46.7 Å². The molecule has 0 unspecified atom stereocenters. The number of aromatic nitrogens is 2. The Labute approximate surface area is 179 Å². The van der Waals surface area contributed by atoms with E-state index >= 15 is 0 Å². The Hall–Kier alpha value is -2.64. The minimum absolute atomic E-state index is 0.207. The predicted molar refractivity (Wildman–Crippen MR) is 121 cm³/mol. The molecular weight excluding hydrogens is 402 g/mol. The van der Waals surface area contributed by atoms with E-state index in [4.69, 9.17) is 4.74 Å². The van der Waals surface area contributed by atoms with Gasteiger partial charge in [-0.3, -0.25) is 10.1 Å². The number of rotatable bonds is 10. The SMILES string of the molecule is CCCCOc1ccc(C(=O)Nc2nnc(SC/C=C/c3ccccc3)s2)cc1. The van der Waals surface area contributed by atoms with Gasteiger partial charge in [0.05, 0.1) is 6.61 Å². The normalized spacial score (nSPS) is 10.9. The first kappa shape index (κ1) is 21.1. The lowest BCUT2D eigenvalue weighted by Crippen LogP contribution is -2.11. The molecule has 0 spiro atoms. The highest BCUT2D eigenvalue weighted by molar-refractivity contribution is 8.01. The molecule has 5 nitrogen and oxygen atoms in total. The van der Waals surface area contributed by atoms with Crippen LogP contribution < -0.4 is 10.1 Å². The summed E-state index contributed by atoms with van der Waals surface area (Å²) in [7, 11) is 0. The Morgan fingerprint density at radius 1 is 1.14 bits per heavy atom. The fraction of sp³-hybridized carbons (Fsp3) is 0.227. The minimum atomic E-state index is -0.207. The highest BCUT2D eigenvalue weighted by Crippen LogP contribution is 2.26. The van der Waals surface area contributed by atoms with E-state index in [1.807, 2.05) is 30.3 Å². The highest BCUT2D eigenvalue weighted by Gasteiger charge is 2.10. The fourth-order valence-electron chi connectivity index (χ4n) is 2.39. The average molecular weight is 426 g/mol. The summed E-state index contributed by atoms with van der Waals surface area (Å²) in [6.45, 7) is 2.81. The first-order valence-corrected chi connectivity index (χ1v) is 11.3. The maximum absolute atomic E-state index is 12.4. The zero-order valence-electron chi connectivity index (χ0n) is 16.2. The highest BCUT2D eigenvalue weighted by atomic mass is 32.2. The van der Waals surface area contributed by atoms with Crippen LogP contribution in [0.2, 0.25) is 0 Å². The summed E-state index contributed by atoms with van der Waals surface area (Å²) < 4.78 is 6.43. The summed E-state index contributed by atoms with van der Waals surface area (Å²) in [4.78, 5) is 12.4. The van der Waals surface area contributed by atoms with Crippen LogP contribution in [0.3, 0.4) is 0 Å². The molecular formula is C22H23N3O2S2. The van der Waals surface area contributed by atoms with Crippen molar-refractivity contribution < 1.29 is 9.53 Å². The number of thioether (sulfide) groups is 1. The molecule has 1 aromatic heterocycles. The van der Waals surface area contributed by atoms with Gasteiger partial charge < -0.3 is 4.74 Å². The van der Waals surface area contributed by atoms with Crippen molar-refractivity contribution in [1.82, 2.24) is 10.2 Å². The number of carbonyl (C=O) groups excluding carboxylic acids is 1. The molecule has 7 heteroatoms. The Bertz CT molecular complexity index is 925. The molecule has 0 radical (unpaired) electrons. The van der Waals surface area contributed by atoms with Gasteiger partial charge in [0, 0.05) is 11.3 Å². The number of amides is 1. The number of ether oxygens (including phenoxy) is 1. The monoisotopic (exact) mass is 425 g/mol. The van der Waals surface area contributed by atoms with Crippen molar-refractivity contribution in [3.63, 3.8) is 0 Å². The molecule has 1 amide bonds. The summed E-state index contributed by atoms with van der Waals surface area (Å²) in [5.74, 6) is 1.35. The number of hydrogen-bond donors (Lipinski definition) is 1. The van der Waals surface area contributed by atoms with Gasteiger partial charge in [0.25, 0.3) is 5.91 Å². The first-order valence-electron chi connectivity index (χ1n) is 9.46. The Morgan fingerprint density at radius 2 is 1.93 bits per heavy atom. The third kappa shape index (κ3) is 7.03. The van der Waals surface area contributed by atoms with E-state index in [0.29, 0.717) is 17.3 Å². The van der Waals surface area contributed by atoms with Gasteiger partial charge in [-0.1, -0.05) is 78.9 Å². The average Bonchev–Trinajstić information content (AvgIpc) is 3.20. The molecule has 29 heavy (non-hydrogen) atoms. The maximum atomic E-state index is 12.4. The van der Waals surface area contributed by atoms with E-state index < -0.39 is 0 Å². The quantitative estimate of drug-likeness (QED) is 0.254. The van der Waals surface area contributed by atoms with Crippen molar-refractivity contribution in [2.75, 3.05) is 17.7 Å². The van der Waals surface area contributed by atoms with Crippen molar-refractivity contribution >= 4 is 40.2 Å². The van der Waals surface area contributed by atoms with E-state index in [1.54, 1.807) is 23.9 Å². The molecule has 3 aromatic rings. The lowest BCUT2D eigenvalue weighted by atomic mass is 10.2. The molecule has 0 aliphatic carbocycles. The second kappa shape index (κ2) is 11.4. The number of unbranched alkanes of at least 4 members (excludes halogenated alkanes) is 1. The van der Waals surface area contributed by atoms with Gasteiger partial charge in [-0.2, -0.15) is 0 Å². The zero-order chi connectivity index (χ0) is 20.3. The molecule has 0 fully saturated rings. The van der Waals surface area contributed by atoms with Gasteiger partial charge in [0.1, 0.15) is 5.75 Å². The van der Waals surface area contributed by atoms with Gasteiger partial charge in [0.15, 0.2) is 4.34 Å². The van der Waals surface area contributed by atoms with Crippen LogP contribution in [-0.4, -0.2) is 28.5 Å². The molecule has 0 saturated heterocycles. The lowest BCUT2D eigenvalue weighted by molar-refractivity contribution is 0.102. The fourth-order valence-corrected chi connectivity index (χ4v) is 3.98. The van der Waals surface area contributed by atoms with E-state index in [-0.39, 0.29) is 5.91 Å². The summed E-state index contributed by atoms with van der Waals surface area (Å²) in [5, 5.41) is 11.5. The molecule has 150 valence electrons. The predicted octanol–water partition coefficient (Wildman–Crippen LogP) is 5.77. The molecule has 3 rings (SSSR count). The van der Waals surface area contributed by atoms with Gasteiger partial charge in [-0.25, -0.2) is 0 Å². The number of nitrogens with one attached hydrogen (secondary N) is 1. The second-order valence-corrected chi connectivity index (χ2v) is 8.42. The Kier molecular flexibility index (Phi) is 8.27. The van der Waals surface area contributed by atoms with Crippen molar-refractivity contribution in [2.45, 2.75) is 24.1 Å². The molecule has 0 bridgehead atoms. The minimum Gasteiger partial charge on any atom is -0.494 e. The largest absolute Gasteiger partial charge is 0.494 e. The molecule has 1 N–H and O–H groups in total. The maximum Gasteiger partial charge on any atom is 0.257 e. The van der Waals surface area contributed by atoms with Crippen molar-refractivity contribution in [2.24, 2.45) is 0 Å². The van der Waals surface area contributed by atoms with Crippen molar-refractivity contribution in [3.8, 4) is 5.75 Å². The molecule has 0 saturated carbocycles. The zero-order valence-corrected chi connectivity index (χ0v) is 17.8. The summed E-state index contributed by atoms with van der Waals surface area (Å²) >= 11 is 2.95. The number of hydrogen-bond acceptors (Lipinski definition) is 6. The summed E-state index contributed by atoms with van der Waals surface area (Å²) in [5.41, 5.74) is 1.73. The summed E-state index contributed by atoms with van der Waals surface area (Å²) in [6, 6.07) is 17.3. The third-order valence-electron chi connectivity index (χ3n) is 3.92. The van der Waals surface area contributed by atoms with Crippen LogP contribution in [0.1, 0.15) is 35.7 Å². The van der Waals surface area contributed by atoms with Crippen molar-refractivity contribution in [3.05, 3.63) is 71.8 Å². The van der Waals surface area contributed by atoms with Gasteiger partial charge in [-0.15, -0.1) is 10.2 Å². The van der Waals surface area contributed by atoms with Crippen LogP contribution in [-0.2, 0) is 0 Å². The molecule has 0 aliphatic heterocycles. The van der Waals surface area contributed by atoms with Gasteiger partial charge in [-0.05, 0) is 36.2 Å².